The van der Waals surface area contributed by atoms with E-state index in [9.17, 15) is 4.79 Å². The van der Waals surface area contributed by atoms with Gasteiger partial charge in [0.1, 0.15) is 0 Å². The van der Waals surface area contributed by atoms with Crippen LogP contribution in [-0.4, -0.2) is 18.3 Å². The van der Waals surface area contributed by atoms with Crippen molar-refractivity contribution >= 4 is 18.6 Å². The normalized spacial score (nSPS) is 14.8. The zero-order valence-electron chi connectivity index (χ0n) is 10.4. The number of rotatable bonds is 7. The number of carbonyl (C=O) groups excluding carboxylic acids is 1. The molecule has 0 aliphatic carbocycles. The molecule has 0 aromatic rings. The van der Waals surface area contributed by atoms with Gasteiger partial charge in [-0.2, -0.15) is 12.6 Å². The van der Waals surface area contributed by atoms with Crippen LogP contribution in [0, 0.1) is 5.92 Å². The van der Waals surface area contributed by atoms with Gasteiger partial charge in [0.25, 0.3) is 0 Å². The minimum Gasteiger partial charge on any atom is -0.466 e. The molecule has 0 aromatic heterocycles. The van der Waals surface area contributed by atoms with Gasteiger partial charge >= 0.3 is 5.97 Å². The zero-order chi connectivity index (χ0) is 12.6. The van der Waals surface area contributed by atoms with E-state index >= 15 is 0 Å². The van der Waals surface area contributed by atoms with Crippen LogP contribution in [0.4, 0.5) is 0 Å². The van der Waals surface area contributed by atoms with E-state index in [1.807, 2.05) is 13.0 Å². The van der Waals surface area contributed by atoms with Gasteiger partial charge in [-0.25, -0.2) is 4.79 Å². The highest BCUT2D eigenvalue weighted by atomic mass is 32.1. The highest BCUT2D eigenvalue weighted by molar-refractivity contribution is 7.81. The molecule has 3 heteroatoms. The third-order valence-electron chi connectivity index (χ3n) is 2.50. The Morgan fingerprint density at radius 1 is 1.50 bits per heavy atom. The summed E-state index contributed by atoms with van der Waals surface area (Å²) in [6, 6.07) is 0. The first-order valence-corrected chi connectivity index (χ1v) is 6.07. The minimum absolute atomic E-state index is 0.284. The fourth-order valence-corrected chi connectivity index (χ4v) is 1.42. The average molecular weight is 242 g/mol. The zero-order valence-corrected chi connectivity index (χ0v) is 11.3. The lowest BCUT2D eigenvalue weighted by atomic mass is 9.98. The number of methoxy groups -OCH3 is 1. The molecule has 0 fully saturated rings. The van der Waals surface area contributed by atoms with Crippen LogP contribution in [-0.2, 0) is 9.53 Å². The third-order valence-corrected chi connectivity index (χ3v) is 3.19. The summed E-state index contributed by atoms with van der Waals surface area (Å²) in [5.74, 6) is 0.260. The van der Waals surface area contributed by atoms with E-state index in [1.165, 1.54) is 13.2 Å². The van der Waals surface area contributed by atoms with Gasteiger partial charge in [0.2, 0.25) is 0 Å². The molecule has 16 heavy (non-hydrogen) atoms. The van der Waals surface area contributed by atoms with Crippen molar-refractivity contribution < 1.29 is 9.53 Å². The van der Waals surface area contributed by atoms with E-state index in [2.05, 4.69) is 30.9 Å². The Balaban J connectivity index is 3.74. The summed E-state index contributed by atoms with van der Waals surface area (Å²) >= 11 is 4.45. The van der Waals surface area contributed by atoms with Crippen molar-refractivity contribution in [2.45, 2.75) is 38.4 Å². The lowest BCUT2D eigenvalue weighted by Gasteiger charge is -2.13. The monoisotopic (exact) mass is 242 g/mol. The SMILES string of the molecule is C=C(C)C(S)CCC(C)C/C=C/C(=O)OC. The van der Waals surface area contributed by atoms with Crippen LogP contribution in [0.1, 0.15) is 33.1 Å². The molecule has 0 aromatic carbocycles. The summed E-state index contributed by atoms with van der Waals surface area (Å²) in [5.41, 5.74) is 1.11. The predicted molar refractivity (Wildman–Crippen MR) is 71.8 cm³/mol. The van der Waals surface area contributed by atoms with E-state index in [0.29, 0.717) is 5.92 Å². The van der Waals surface area contributed by atoms with Crippen molar-refractivity contribution in [3.8, 4) is 0 Å². The number of hydrogen-bond donors (Lipinski definition) is 1. The van der Waals surface area contributed by atoms with Gasteiger partial charge in [0, 0.05) is 11.3 Å². The van der Waals surface area contributed by atoms with Crippen molar-refractivity contribution in [3.63, 3.8) is 0 Å². The third kappa shape index (κ3) is 7.57. The molecule has 2 nitrogen and oxygen atoms in total. The topological polar surface area (TPSA) is 26.3 Å². The number of allylic oxidation sites excluding steroid dienone is 1. The Labute approximate surface area is 104 Å². The fourth-order valence-electron chi connectivity index (χ4n) is 1.27. The number of ether oxygens (including phenoxy) is 1. The Morgan fingerprint density at radius 3 is 2.62 bits per heavy atom. The van der Waals surface area contributed by atoms with E-state index in [0.717, 1.165) is 24.8 Å². The quantitative estimate of drug-likeness (QED) is 0.320. The Morgan fingerprint density at radius 2 is 2.12 bits per heavy atom. The van der Waals surface area contributed by atoms with Gasteiger partial charge in [-0.15, -0.1) is 0 Å². The van der Waals surface area contributed by atoms with Crippen LogP contribution in [0.15, 0.2) is 24.3 Å². The number of carbonyl (C=O) groups is 1. The van der Waals surface area contributed by atoms with Crippen LogP contribution in [0.25, 0.3) is 0 Å². The van der Waals surface area contributed by atoms with Gasteiger partial charge in [-0.05, 0) is 32.1 Å². The second-order valence-electron chi connectivity index (χ2n) is 4.21. The molecule has 0 bridgehead atoms. The summed E-state index contributed by atoms with van der Waals surface area (Å²) in [5, 5.41) is 0.284. The van der Waals surface area contributed by atoms with E-state index in [4.69, 9.17) is 0 Å². The first-order chi connectivity index (χ1) is 7.47. The summed E-state index contributed by atoms with van der Waals surface area (Å²) in [4.78, 5) is 10.8. The van der Waals surface area contributed by atoms with Gasteiger partial charge in [-0.1, -0.05) is 25.2 Å². The molecule has 0 spiro atoms. The van der Waals surface area contributed by atoms with E-state index in [1.54, 1.807) is 0 Å². The number of hydrogen-bond acceptors (Lipinski definition) is 3. The van der Waals surface area contributed by atoms with Crippen LogP contribution in [0.5, 0.6) is 0 Å². The van der Waals surface area contributed by atoms with Crippen LogP contribution in [0.2, 0.25) is 0 Å². The molecule has 0 amide bonds. The minimum atomic E-state index is -0.291. The maximum atomic E-state index is 10.8. The lowest BCUT2D eigenvalue weighted by Crippen LogP contribution is -2.03. The predicted octanol–water partition coefficient (Wildman–Crippen LogP) is 3.40. The molecule has 0 saturated carbocycles. The molecule has 0 rings (SSSR count). The number of thiol groups is 1. The Kier molecular flexibility index (Phi) is 8.08. The summed E-state index contributed by atoms with van der Waals surface area (Å²) in [7, 11) is 1.38. The first-order valence-electron chi connectivity index (χ1n) is 5.55. The number of esters is 1. The molecule has 0 radical (unpaired) electrons. The molecule has 2 unspecified atom stereocenters. The van der Waals surface area contributed by atoms with Crippen molar-refractivity contribution in [3.05, 3.63) is 24.3 Å². The van der Waals surface area contributed by atoms with Crippen LogP contribution >= 0.6 is 12.6 Å². The summed E-state index contributed by atoms with van der Waals surface area (Å²) < 4.78 is 4.51. The first kappa shape index (κ1) is 15.3. The van der Waals surface area contributed by atoms with Crippen molar-refractivity contribution in [1.29, 1.82) is 0 Å². The Hall–Kier alpha value is -0.700. The van der Waals surface area contributed by atoms with Crippen LogP contribution in [0.3, 0.4) is 0 Å². The van der Waals surface area contributed by atoms with Gasteiger partial charge < -0.3 is 4.74 Å². The molecule has 2 atom stereocenters. The molecule has 92 valence electrons. The maximum absolute atomic E-state index is 10.8. The van der Waals surface area contributed by atoms with Crippen molar-refractivity contribution in [2.75, 3.05) is 7.11 Å². The van der Waals surface area contributed by atoms with Gasteiger partial charge in [0.15, 0.2) is 0 Å². The lowest BCUT2D eigenvalue weighted by molar-refractivity contribution is -0.134. The van der Waals surface area contributed by atoms with Gasteiger partial charge in [-0.3, -0.25) is 0 Å². The van der Waals surface area contributed by atoms with E-state index < -0.39 is 0 Å². The second kappa shape index (κ2) is 8.45. The molecule has 0 N–H and O–H groups in total. The molecular formula is C13H22O2S. The van der Waals surface area contributed by atoms with Crippen molar-refractivity contribution in [2.24, 2.45) is 5.92 Å². The smallest absolute Gasteiger partial charge is 0.330 e. The average Bonchev–Trinajstić information content (AvgIpc) is 2.25. The fraction of sp³-hybridized carbons (Fsp3) is 0.615. The molecule has 0 aliphatic heterocycles. The highest BCUT2D eigenvalue weighted by Crippen LogP contribution is 2.18. The second-order valence-corrected chi connectivity index (χ2v) is 4.83. The Bertz CT molecular complexity index is 259. The largest absolute Gasteiger partial charge is 0.466 e. The molecule has 0 aliphatic rings. The van der Waals surface area contributed by atoms with Crippen LogP contribution < -0.4 is 0 Å². The highest BCUT2D eigenvalue weighted by Gasteiger charge is 2.06. The van der Waals surface area contributed by atoms with Crippen molar-refractivity contribution in [1.82, 2.24) is 0 Å². The van der Waals surface area contributed by atoms with E-state index in [-0.39, 0.29) is 11.2 Å². The summed E-state index contributed by atoms with van der Waals surface area (Å²) in [6.45, 7) is 8.04. The molecular weight excluding hydrogens is 220 g/mol. The summed E-state index contributed by atoms with van der Waals surface area (Å²) in [6.07, 6.45) is 6.36. The molecule has 0 heterocycles. The standard InChI is InChI=1S/C13H22O2S/c1-10(2)12(16)9-8-11(3)6-5-7-13(14)15-4/h5,7,11-12,16H,1,6,8-9H2,2-4H3/b7-5+. The molecule has 0 saturated heterocycles. The van der Waals surface area contributed by atoms with Gasteiger partial charge in [0.05, 0.1) is 7.11 Å². The maximum Gasteiger partial charge on any atom is 0.330 e.